The number of carbonyl (C=O) groups excluding carboxylic acids is 3. The number of nitrogens with one attached hydrogen (secondary N) is 3. The van der Waals surface area contributed by atoms with Gasteiger partial charge in [-0.05, 0) is 49.2 Å². The van der Waals surface area contributed by atoms with Crippen LogP contribution in [0.3, 0.4) is 0 Å². The number of rotatable bonds is 18. The van der Waals surface area contributed by atoms with Crippen molar-refractivity contribution in [3.8, 4) is 0 Å². The molecule has 1 rings (SSSR count). The first kappa shape index (κ1) is 33.7. The van der Waals surface area contributed by atoms with Gasteiger partial charge in [0.15, 0.2) is 5.96 Å². The summed E-state index contributed by atoms with van der Waals surface area (Å²) in [6.07, 6.45) is 3.51. The standard InChI is InChI=1S/C26H43N7O5S/c1-4-16(2)21(25(37)38)33-24(36)19(11-8-13-30-26(28)29)32-23(35)20(12-14-39-3)31-22(34)18(27)15-17-9-6-5-7-10-17/h5-7,9-10,16,18-21H,4,8,11-15,27H2,1-3H3,(H,31,34)(H,32,35)(H,33,36)(H,37,38)(H4,28,29,30). The van der Waals surface area contributed by atoms with E-state index < -0.39 is 47.9 Å². The van der Waals surface area contributed by atoms with Crippen molar-refractivity contribution < 1.29 is 24.3 Å². The van der Waals surface area contributed by atoms with E-state index in [1.165, 1.54) is 11.8 Å². The van der Waals surface area contributed by atoms with Crippen molar-refractivity contribution in [2.45, 2.75) is 70.1 Å². The van der Waals surface area contributed by atoms with Crippen molar-refractivity contribution in [2.24, 2.45) is 28.1 Å². The number of hydrogen-bond acceptors (Lipinski definition) is 7. The second kappa shape index (κ2) is 18.1. The first-order valence-electron chi connectivity index (χ1n) is 13.0. The minimum atomic E-state index is -1.17. The van der Waals surface area contributed by atoms with E-state index in [1.807, 2.05) is 43.5 Å². The van der Waals surface area contributed by atoms with Gasteiger partial charge in [0, 0.05) is 6.54 Å². The number of nitrogens with two attached hydrogens (primary N) is 3. The summed E-state index contributed by atoms with van der Waals surface area (Å²) in [4.78, 5) is 54.9. The summed E-state index contributed by atoms with van der Waals surface area (Å²) in [6, 6.07) is 5.29. The van der Waals surface area contributed by atoms with E-state index in [1.54, 1.807) is 6.92 Å². The lowest BCUT2D eigenvalue weighted by Gasteiger charge is -2.26. The molecule has 0 aliphatic heterocycles. The van der Waals surface area contributed by atoms with Gasteiger partial charge < -0.3 is 38.3 Å². The second-order valence-electron chi connectivity index (χ2n) is 9.36. The fourth-order valence-electron chi connectivity index (χ4n) is 3.73. The summed E-state index contributed by atoms with van der Waals surface area (Å²) in [5.41, 5.74) is 17.7. The van der Waals surface area contributed by atoms with Gasteiger partial charge in [-0.15, -0.1) is 0 Å². The topological polar surface area (TPSA) is 215 Å². The summed E-state index contributed by atoms with van der Waals surface area (Å²) in [6.45, 7) is 3.76. The van der Waals surface area contributed by atoms with Crippen LogP contribution in [0.15, 0.2) is 35.3 Å². The van der Waals surface area contributed by atoms with Crippen molar-refractivity contribution in [3.63, 3.8) is 0 Å². The molecule has 5 atom stereocenters. The zero-order chi connectivity index (χ0) is 29.4. The molecule has 0 aromatic heterocycles. The Morgan fingerprint density at radius 3 is 2.13 bits per heavy atom. The smallest absolute Gasteiger partial charge is 0.326 e. The highest BCUT2D eigenvalue weighted by Crippen LogP contribution is 2.10. The monoisotopic (exact) mass is 565 g/mol. The molecule has 3 amide bonds. The van der Waals surface area contributed by atoms with E-state index in [2.05, 4.69) is 20.9 Å². The largest absolute Gasteiger partial charge is 0.480 e. The molecule has 0 saturated heterocycles. The summed E-state index contributed by atoms with van der Waals surface area (Å²) in [5, 5.41) is 17.5. The van der Waals surface area contributed by atoms with Crippen molar-refractivity contribution in [3.05, 3.63) is 35.9 Å². The molecular weight excluding hydrogens is 522 g/mol. The van der Waals surface area contributed by atoms with Crippen LogP contribution in [0.5, 0.6) is 0 Å². The average molecular weight is 566 g/mol. The summed E-state index contributed by atoms with van der Waals surface area (Å²) >= 11 is 1.50. The van der Waals surface area contributed by atoms with Crippen LogP contribution < -0.4 is 33.2 Å². The molecule has 12 nitrogen and oxygen atoms in total. The molecule has 1 aromatic rings. The summed E-state index contributed by atoms with van der Waals surface area (Å²) < 4.78 is 0. The van der Waals surface area contributed by atoms with Gasteiger partial charge in [0.25, 0.3) is 0 Å². The molecule has 10 N–H and O–H groups in total. The lowest BCUT2D eigenvalue weighted by Crippen LogP contribution is -2.58. The van der Waals surface area contributed by atoms with Crippen LogP contribution in [-0.4, -0.2) is 77.5 Å². The Bertz CT molecular complexity index is 959. The second-order valence-corrected chi connectivity index (χ2v) is 10.3. The molecular formula is C26H43N7O5S. The lowest BCUT2D eigenvalue weighted by atomic mass is 9.98. The number of amides is 3. The van der Waals surface area contributed by atoms with Crippen molar-refractivity contribution in [2.75, 3.05) is 18.6 Å². The predicted molar refractivity (Wildman–Crippen MR) is 154 cm³/mol. The van der Waals surface area contributed by atoms with Crippen LogP contribution in [0.4, 0.5) is 0 Å². The highest BCUT2D eigenvalue weighted by atomic mass is 32.2. The van der Waals surface area contributed by atoms with Crippen LogP contribution in [0.2, 0.25) is 0 Å². The third kappa shape index (κ3) is 12.9. The molecule has 0 bridgehead atoms. The molecule has 1 aromatic carbocycles. The van der Waals surface area contributed by atoms with E-state index in [0.29, 0.717) is 31.4 Å². The Morgan fingerprint density at radius 2 is 1.56 bits per heavy atom. The molecule has 218 valence electrons. The van der Waals surface area contributed by atoms with E-state index in [4.69, 9.17) is 17.2 Å². The quantitative estimate of drug-likeness (QED) is 0.0720. The number of benzene rings is 1. The molecule has 0 fully saturated rings. The first-order chi connectivity index (χ1) is 18.5. The number of thioether (sulfide) groups is 1. The number of hydrogen-bond donors (Lipinski definition) is 7. The number of aliphatic carboxylic acids is 1. The molecule has 0 spiro atoms. The van der Waals surface area contributed by atoms with Crippen LogP contribution in [0.1, 0.15) is 45.1 Å². The van der Waals surface area contributed by atoms with Crippen molar-refractivity contribution in [1.82, 2.24) is 16.0 Å². The maximum atomic E-state index is 13.3. The minimum absolute atomic E-state index is 0.102. The number of carboxylic acid groups (broad SMARTS) is 1. The zero-order valence-electron chi connectivity index (χ0n) is 22.9. The van der Waals surface area contributed by atoms with Gasteiger partial charge >= 0.3 is 5.97 Å². The highest BCUT2D eigenvalue weighted by Gasteiger charge is 2.31. The van der Waals surface area contributed by atoms with Crippen LogP contribution in [-0.2, 0) is 25.6 Å². The summed E-state index contributed by atoms with van der Waals surface area (Å²) in [5.74, 6) is -2.72. The molecule has 0 aliphatic rings. The van der Waals surface area contributed by atoms with Gasteiger partial charge in [-0.25, -0.2) is 4.79 Å². The Morgan fingerprint density at radius 1 is 0.974 bits per heavy atom. The lowest BCUT2D eigenvalue weighted by molar-refractivity contribution is -0.144. The molecule has 5 unspecified atom stereocenters. The van der Waals surface area contributed by atoms with E-state index in [9.17, 15) is 24.3 Å². The third-order valence-corrected chi connectivity index (χ3v) is 6.88. The zero-order valence-corrected chi connectivity index (χ0v) is 23.7. The van der Waals surface area contributed by atoms with Gasteiger partial charge in [0.05, 0.1) is 6.04 Å². The van der Waals surface area contributed by atoms with Gasteiger partial charge in [0.1, 0.15) is 18.1 Å². The highest BCUT2D eigenvalue weighted by molar-refractivity contribution is 7.98. The van der Waals surface area contributed by atoms with Gasteiger partial charge in [-0.1, -0.05) is 50.6 Å². The fourth-order valence-corrected chi connectivity index (χ4v) is 4.20. The normalized spacial score (nSPS) is 14.7. The number of carbonyl (C=O) groups is 4. The molecule has 13 heteroatoms. The van der Waals surface area contributed by atoms with Gasteiger partial charge in [-0.2, -0.15) is 11.8 Å². The third-order valence-electron chi connectivity index (χ3n) is 6.23. The maximum absolute atomic E-state index is 13.3. The van der Waals surface area contributed by atoms with E-state index in [0.717, 1.165) is 5.56 Å². The van der Waals surface area contributed by atoms with Crippen molar-refractivity contribution >= 4 is 41.4 Å². The van der Waals surface area contributed by atoms with Crippen LogP contribution in [0, 0.1) is 5.92 Å². The molecule has 0 radical (unpaired) electrons. The van der Waals surface area contributed by atoms with Crippen LogP contribution in [0.25, 0.3) is 0 Å². The SMILES string of the molecule is CCC(C)C(NC(=O)C(CCCN=C(N)N)NC(=O)C(CCSC)NC(=O)C(N)Cc1ccccc1)C(=O)O. The number of guanidine groups is 1. The number of nitrogens with zero attached hydrogens (tertiary/aromatic N) is 1. The summed E-state index contributed by atoms with van der Waals surface area (Å²) in [7, 11) is 0. The maximum Gasteiger partial charge on any atom is 0.326 e. The molecule has 0 heterocycles. The van der Waals surface area contributed by atoms with Crippen LogP contribution >= 0.6 is 11.8 Å². The molecule has 0 saturated carbocycles. The molecule has 39 heavy (non-hydrogen) atoms. The Balaban J connectivity index is 3.02. The van der Waals surface area contributed by atoms with Crippen molar-refractivity contribution in [1.29, 1.82) is 0 Å². The predicted octanol–water partition coefficient (Wildman–Crippen LogP) is -0.0518. The minimum Gasteiger partial charge on any atom is -0.480 e. The van der Waals surface area contributed by atoms with E-state index in [-0.39, 0.29) is 24.8 Å². The number of aliphatic imine (C=N–C) groups is 1. The molecule has 0 aliphatic carbocycles. The van der Waals surface area contributed by atoms with Gasteiger partial charge in [-0.3, -0.25) is 19.4 Å². The Hall–Kier alpha value is -3.32. The Kier molecular flexibility index (Phi) is 15.6. The Labute approximate surface area is 234 Å². The van der Waals surface area contributed by atoms with Gasteiger partial charge in [0.2, 0.25) is 17.7 Å². The number of carboxylic acids is 1. The average Bonchev–Trinajstić information content (AvgIpc) is 2.90. The van der Waals surface area contributed by atoms with E-state index >= 15 is 0 Å². The fraction of sp³-hybridized carbons (Fsp3) is 0.577. The first-order valence-corrected chi connectivity index (χ1v) is 14.4.